The number of carbonyl (C=O) groups is 1. The first kappa shape index (κ1) is 15.4. The van der Waals surface area contributed by atoms with Gasteiger partial charge in [0.15, 0.2) is 0 Å². The predicted octanol–water partition coefficient (Wildman–Crippen LogP) is 0.420. The number of nitrogens with zero attached hydrogens (tertiary/aromatic N) is 2. The second-order valence-corrected chi connectivity index (χ2v) is 6.03. The molecule has 1 saturated heterocycles. The third kappa shape index (κ3) is 5.80. The van der Waals surface area contributed by atoms with Gasteiger partial charge in [-0.25, -0.2) is 5.01 Å². The number of rotatable bonds is 6. The maximum atomic E-state index is 11.8. The highest BCUT2D eigenvalue weighted by Crippen LogP contribution is 2.25. The average Bonchev–Trinajstić information content (AvgIpc) is 2.30. The Kier molecular flexibility index (Phi) is 6.05. The van der Waals surface area contributed by atoms with Crippen LogP contribution in [0.25, 0.3) is 0 Å². The summed E-state index contributed by atoms with van der Waals surface area (Å²) in [6.07, 6.45) is 2.44. The fourth-order valence-electron chi connectivity index (χ4n) is 2.12. The molecule has 0 aromatic heterocycles. The topological polar surface area (TPSA) is 61.6 Å². The first-order valence-electron chi connectivity index (χ1n) is 6.86. The van der Waals surface area contributed by atoms with E-state index in [1.807, 2.05) is 5.01 Å². The lowest BCUT2D eigenvalue weighted by Crippen LogP contribution is -2.52. The number of hydrogen-bond acceptors (Lipinski definition) is 4. The van der Waals surface area contributed by atoms with Crippen LogP contribution >= 0.6 is 0 Å². The van der Waals surface area contributed by atoms with Crippen molar-refractivity contribution in [3.8, 4) is 0 Å². The van der Waals surface area contributed by atoms with Crippen molar-refractivity contribution < 1.29 is 4.79 Å². The van der Waals surface area contributed by atoms with Gasteiger partial charge in [-0.05, 0) is 31.8 Å². The van der Waals surface area contributed by atoms with Crippen molar-refractivity contribution in [2.75, 3.05) is 39.8 Å². The minimum atomic E-state index is 0.129. The number of nitrogens with two attached hydrogens (primary N) is 1. The van der Waals surface area contributed by atoms with Gasteiger partial charge in [0, 0.05) is 32.6 Å². The third-order valence-electron chi connectivity index (χ3n) is 3.64. The Morgan fingerprint density at radius 2 is 1.83 bits per heavy atom. The fourth-order valence-corrected chi connectivity index (χ4v) is 2.12. The maximum absolute atomic E-state index is 11.8. The number of piperazine rings is 1. The molecule has 1 heterocycles. The molecule has 0 unspecified atom stereocenters. The van der Waals surface area contributed by atoms with E-state index in [4.69, 9.17) is 5.73 Å². The second kappa shape index (κ2) is 7.07. The van der Waals surface area contributed by atoms with Crippen molar-refractivity contribution in [1.29, 1.82) is 0 Å². The summed E-state index contributed by atoms with van der Waals surface area (Å²) in [5.41, 5.74) is 8.72. The second-order valence-electron chi connectivity index (χ2n) is 6.03. The van der Waals surface area contributed by atoms with E-state index in [-0.39, 0.29) is 11.3 Å². The molecule has 5 heteroatoms. The zero-order valence-electron chi connectivity index (χ0n) is 12.0. The molecule has 1 fully saturated rings. The standard InChI is InChI=1S/C13H28N4O/c1-13(2,6-7-14)5-4-12(18)15-17-10-8-16(3)9-11-17/h4-11,14H2,1-3H3,(H,15,18). The van der Waals surface area contributed by atoms with Crippen LogP contribution in [-0.2, 0) is 4.79 Å². The number of hydrazine groups is 1. The zero-order valence-corrected chi connectivity index (χ0v) is 12.0. The Hall–Kier alpha value is -0.650. The minimum Gasteiger partial charge on any atom is -0.330 e. The minimum absolute atomic E-state index is 0.129. The van der Waals surface area contributed by atoms with Crippen LogP contribution in [0.5, 0.6) is 0 Å². The molecule has 0 bridgehead atoms. The number of likely N-dealkylation sites (N-methyl/N-ethyl adjacent to an activating group) is 1. The summed E-state index contributed by atoms with van der Waals surface area (Å²) in [4.78, 5) is 14.1. The van der Waals surface area contributed by atoms with Crippen LogP contribution in [0.15, 0.2) is 0 Å². The van der Waals surface area contributed by atoms with Gasteiger partial charge in [0.05, 0.1) is 0 Å². The van der Waals surface area contributed by atoms with Crippen molar-refractivity contribution in [2.24, 2.45) is 11.1 Å². The molecule has 0 radical (unpaired) electrons. The van der Waals surface area contributed by atoms with E-state index in [9.17, 15) is 4.79 Å². The molecule has 0 aromatic carbocycles. The molecular weight excluding hydrogens is 228 g/mol. The Balaban J connectivity index is 2.21. The monoisotopic (exact) mass is 256 g/mol. The van der Waals surface area contributed by atoms with Crippen molar-refractivity contribution in [3.05, 3.63) is 0 Å². The van der Waals surface area contributed by atoms with Crippen LogP contribution in [0, 0.1) is 5.41 Å². The molecule has 0 saturated carbocycles. The summed E-state index contributed by atoms with van der Waals surface area (Å²) in [6, 6.07) is 0. The van der Waals surface area contributed by atoms with Crippen LogP contribution in [0.3, 0.4) is 0 Å². The Bertz CT molecular complexity index is 260. The average molecular weight is 256 g/mol. The van der Waals surface area contributed by atoms with E-state index in [1.54, 1.807) is 0 Å². The maximum Gasteiger partial charge on any atom is 0.234 e. The molecule has 1 aliphatic rings. The molecule has 18 heavy (non-hydrogen) atoms. The Morgan fingerprint density at radius 1 is 1.22 bits per heavy atom. The lowest BCUT2D eigenvalue weighted by molar-refractivity contribution is -0.127. The molecule has 1 rings (SSSR count). The highest BCUT2D eigenvalue weighted by Gasteiger charge is 2.20. The van der Waals surface area contributed by atoms with Crippen LogP contribution in [0.2, 0.25) is 0 Å². The van der Waals surface area contributed by atoms with Crippen molar-refractivity contribution in [3.63, 3.8) is 0 Å². The number of amides is 1. The quantitative estimate of drug-likeness (QED) is 0.723. The van der Waals surface area contributed by atoms with Gasteiger partial charge in [-0.3, -0.25) is 10.2 Å². The van der Waals surface area contributed by atoms with Crippen LogP contribution in [-0.4, -0.2) is 55.6 Å². The molecule has 1 aliphatic heterocycles. The number of hydrogen-bond donors (Lipinski definition) is 2. The summed E-state index contributed by atoms with van der Waals surface area (Å²) >= 11 is 0. The molecule has 0 spiro atoms. The summed E-state index contributed by atoms with van der Waals surface area (Å²) in [5.74, 6) is 0.129. The lowest BCUT2D eigenvalue weighted by Gasteiger charge is -2.32. The van der Waals surface area contributed by atoms with E-state index in [1.165, 1.54) is 0 Å². The SMILES string of the molecule is CN1CCN(NC(=O)CCC(C)(C)CCN)CC1. The molecule has 0 aliphatic carbocycles. The molecule has 3 N–H and O–H groups in total. The fraction of sp³-hybridized carbons (Fsp3) is 0.923. The highest BCUT2D eigenvalue weighted by atomic mass is 16.2. The normalized spacial score (nSPS) is 18.9. The molecular formula is C13H28N4O. The summed E-state index contributed by atoms with van der Waals surface area (Å²) in [7, 11) is 2.11. The number of nitrogens with one attached hydrogen (secondary N) is 1. The first-order chi connectivity index (χ1) is 8.43. The largest absolute Gasteiger partial charge is 0.330 e. The molecule has 1 amide bonds. The Morgan fingerprint density at radius 3 is 2.39 bits per heavy atom. The van der Waals surface area contributed by atoms with E-state index < -0.39 is 0 Å². The summed E-state index contributed by atoms with van der Waals surface area (Å²) < 4.78 is 0. The molecule has 5 nitrogen and oxygen atoms in total. The predicted molar refractivity (Wildman–Crippen MR) is 73.9 cm³/mol. The van der Waals surface area contributed by atoms with Gasteiger partial charge in [-0.2, -0.15) is 0 Å². The van der Waals surface area contributed by atoms with Crippen molar-refractivity contribution in [2.45, 2.75) is 33.1 Å². The lowest BCUT2D eigenvalue weighted by atomic mass is 9.84. The Labute approximate surface area is 111 Å². The summed E-state index contributed by atoms with van der Waals surface area (Å²) in [5, 5.41) is 2.03. The summed E-state index contributed by atoms with van der Waals surface area (Å²) in [6.45, 7) is 8.87. The third-order valence-corrected chi connectivity index (χ3v) is 3.64. The van der Waals surface area contributed by atoms with Crippen LogP contribution in [0.4, 0.5) is 0 Å². The van der Waals surface area contributed by atoms with Crippen molar-refractivity contribution in [1.82, 2.24) is 15.3 Å². The van der Waals surface area contributed by atoms with Gasteiger partial charge in [0.25, 0.3) is 0 Å². The van der Waals surface area contributed by atoms with Gasteiger partial charge in [0.2, 0.25) is 5.91 Å². The van der Waals surface area contributed by atoms with E-state index in [0.717, 1.165) is 39.0 Å². The molecule has 106 valence electrons. The van der Waals surface area contributed by atoms with Gasteiger partial charge < -0.3 is 10.6 Å². The smallest absolute Gasteiger partial charge is 0.234 e. The molecule has 0 atom stereocenters. The van der Waals surface area contributed by atoms with Gasteiger partial charge in [-0.1, -0.05) is 13.8 Å². The van der Waals surface area contributed by atoms with E-state index in [2.05, 4.69) is 31.2 Å². The number of carbonyl (C=O) groups excluding carboxylic acids is 1. The van der Waals surface area contributed by atoms with Crippen LogP contribution < -0.4 is 11.2 Å². The van der Waals surface area contributed by atoms with Crippen LogP contribution in [0.1, 0.15) is 33.1 Å². The van der Waals surface area contributed by atoms with Gasteiger partial charge in [0.1, 0.15) is 0 Å². The highest BCUT2D eigenvalue weighted by molar-refractivity contribution is 5.75. The van der Waals surface area contributed by atoms with Gasteiger partial charge >= 0.3 is 0 Å². The molecule has 0 aromatic rings. The zero-order chi connectivity index (χ0) is 13.6. The van der Waals surface area contributed by atoms with E-state index in [0.29, 0.717) is 13.0 Å². The van der Waals surface area contributed by atoms with E-state index >= 15 is 0 Å². The van der Waals surface area contributed by atoms with Gasteiger partial charge in [-0.15, -0.1) is 0 Å². The first-order valence-corrected chi connectivity index (χ1v) is 6.86. The van der Waals surface area contributed by atoms with Crippen molar-refractivity contribution >= 4 is 5.91 Å².